The van der Waals surface area contributed by atoms with Crippen LogP contribution in [0.3, 0.4) is 0 Å². The number of benzene rings is 1. The Kier molecular flexibility index (Phi) is 6.73. The zero-order valence-electron chi connectivity index (χ0n) is 21.6. The maximum atomic E-state index is 13.8. The molecule has 12 heteroatoms. The van der Waals surface area contributed by atoms with Crippen LogP contribution in [-0.4, -0.2) is 59.7 Å². The van der Waals surface area contributed by atoms with Crippen molar-refractivity contribution < 1.29 is 13.2 Å². The number of fused-ring (bicyclic) bond motifs is 1. The molecule has 2 atom stereocenters. The second-order valence-corrected chi connectivity index (χ2v) is 12.7. The molecule has 2 aliphatic rings. The van der Waals surface area contributed by atoms with Crippen molar-refractivity contribution in [3.63, 3.8) is 0 Å². The summed E-state index contributed by atoms with van der Waals surface area (Å²) in [6, 6.07) is 8.59. The van der Waals surface area contributed by atoms with Gasteiger partial charge in [-0.3, -0.25) is 9.52 Å². The van der Waals surface area contributed by atoms with Crippen molar-refractivity contribution in [3.8, 4) is 6.07 Å². The predicted molar refractivity (Wildman–Crippen MR) is 146 cm³/mol. The molecular weight excluding hydrogens is 526 g/mol. The number of aromatic nitrogens is 3. The van der Waals surface area contributed by atoms with E-state index in [1.54, 1.807) is 15.5 Å². The Morgan fingerprint density at radius 2 is 2.05 bits per heavy atom. The number of piperidine rings is 1. The molecule has 10 nitrogen and oxygen atoms in total. The van der Waals surface area contributed by atoms with Gasteiger partial charge in [0.05, 0.1) is 40.7 Å². The summed E-state index contributed by atoms with van der Waals surface area (Å²) in [6.07, 6.45) is 6.26. The standard InChI is InChI=1S/C26H30ClN7O3S/c1-17-14-34-23(29-24(17)32-11-9-26(2,15-28)16-32)13-21(30-34)22-6-4-5-10-33(22)25(35)19-12-18(27)7-8-20(19)31-38(3,36)37/h7-8,12-14,22,31H,4-6,9-11,16H2,1-3H3. The second kappa shape index (κ2) is 9.75. The summed E-state index contributed by atoms with van der Waals surface area (Å²) in [5, 5.41) is 14.7. The van der Waals surface area contributed by atoms with Crippen LogP contribution in [0.2, 0.25) is 5.02 Å². The molecule has 2 aromatic heterocycles. The number of halogens is 1. The zero-order chi connectivity index (χ0) is 27.2. The number of carbonyl (C=O) groups is 1. The zero-order valence-corrected chi connectivity index (χ0v) is 23.2. The van der Waals surface area contributed by atoms with E-state index in [1.807, 2.05) is 26.1 Å². The minimum Gasteiger partial charge on any atom is -0.355 e. The van der Waals surface area contributed by atoms with Crippen LogP contribution >= 0.6 is 11.6 Å². The van der Waals surface area contributed by atoms with E-state index in [0.29, 0.717) is 23.8 Å². The molecule has 0 aliphatic carbocycles. The Balaban J connectivity index is 1.48. The molecule has 200 valence electrons. The van der Waals surface area contributed by atoms with Crippen molar-refractivity contribution in [2.75, 3.05) is 35.5 Å². The average molecular weight is 556 g/mol. The normalized spacial score (nSPS) is 22.0. The molecule has 2 unspecified atom stereocenters. The Morgan fingerprint density at radius 3 is 2.76 bits per heavy atom. The lowest BCUT2D eigenvalue weighted by molar-refractivity contribution is 0.0607. The van der Waals surface area contributed by atoms with Crippen LogP contribution in [0.15, 0.2) is 30.5 Å². The summed E-state index contributed by atoms with van der Waals surface area (Å²) in [5.41, 5.74) is 2.36. The van der Waals surface area contributed by atoms with Crippen LogP contribution < -0.4 is 9.62 Å². The highest BCUT2D eigenvalue weighted by Gasteiger charge is 2.36. The maximum Gasteiger partial charge on any atom is 0.256 e. The lowest BCUT2D eigenvalue weighted by Crippen LogP contribution is -2.39. The number of nitrogens with zero attached hydrogens (tertiary/aromatic N) is 6. The Labute approximate surface area is 227 Å². The quantitative estimate of drug-likeness (QED) is 0.501. The fraction of sp³-hybridized carbons (Fsp3) is 0.462. The number of carbonyl (C=O) groups excluding carboxylic acids is 1. The smallest absolute Gasteiger partial charge is 0.256 e. The third-order valence-electron chi connectivity index (χ3n) is 7.28. The van der Waals surface area contributed by atoms with Crippen molar-refractivity contribution in [1.82, 2.24) is 19.5 Å². The minimum absolute atomic E-state index is 0.193. The van der Waals surface area contributed by atoms with E-state index in [0.717, 1.165) is 55.6 Å². The number of hydrogen-bond acceptors (Lipinski definition) is 7. The first-order valence-electron chi connectivity index (χ1n) is 12.6. The fourth-order valence-corrected chi connectivity index (χ4v) is 6.10. The van der Waals surface area contributed by atoms with E-state index >= 15 is 0 Å². The third kappa shape index (κ3) is 5.15. The average Bonchev–Trinajstić information content (AvgIpc) is 3.47. The van der Waals surface area contributed by atoms with E-state index < -0.39 is 10.0 Å². The van der Waals surface area contributed by atoms with Gasteiger partial charge in [0.1, 0.15) is 5.82 Å². The lowest BCUT2D eigenvalue weighted by Gasteiger charge is -2.35. The van der Waals surface area contributed by atoms with E-state index in [9.17, 15) is 18.5 Å². The van der Waals surface area contributed by atoms with Crippen LogP contribution in [0.25, 0.3) is 5.65 Å². The van der Waals surface area contributed by atoms with Crippen molar-refractivity contribution in [1.29, 1.82) is 5.26 Å². The highest BCUT2D eigenvalue weighted by molar-refractivity contribution is 7.92. The van der Waals surface area contributed by atoms with Gasteiger partial charge in [-0.25, -0.2) is 17.9 Å². The molecule has 1 amide bonds. The lowest BCUT2D eigenvalue weighted by atomic mass is 9.92. The fourth-order valence-electron chi connectivity index (χ4n) is 5.35. The highest BCUT2D eigenvalue weighted by Crippen LogP contribution is 2.36. The monoisotopic (exact) mass is 555 g/mol. The van der Waals surface area contributed by atoms with Crippen LogP contribution in [0, 0.1) is 23.7 Å². The van der Waals surface area contributed by atoms with Crippen molar-refractivity contribution >= 4 is 44.7 Å². The number of nitriles is 1. The van der Waals surface area contributed by atoms with E-state index in [1.165, 1.54) is 12.1 Å². The number of hydrogen-bond donors (Lipinski definition) is 1. The van der Waals surface area contributed by atoms with Crippen molar-refractivity contribution in [2.45, 2.75) is 45.6 Å². The van der Waals surface area contributed by atoms with E-state index in [2.05, 4.69) is 15.7 Å². The van der Waals surface area contributed by atoms with Gasteiger partial charge in [-0.15, -0.1) is 0 Å². The summed E-state index contributed by atoms with van der Waals surface area (Å²) in [4.78, 5) is 22.6. The van der Waals surface area contributed by atoms with Gasteiger partial charge in [0.15, 0.2) is 5.65 Å². The summed E-state index contributed by atoms with van der Waals surface area (Å²) < 4.78 is 28.0. The molecular formula is C26H30ClN7O3S. The first kappa shape index (κ1) is 26.3. The van der Waals surface area contributed by atoms with Gasteiger partial charge in [-0.1, -0.05) is 11.6 Å². The first-order valence-corrected chi connectivity index (χ1v) is 14.8. The molecule has 2 aliphatic heterocycles. The third-order valence-corrected chi connectivity index (χ3v) is 8.11. The number of aryl methyl sites for hydroxylation is 1. The van der Waals surface area contributed by atoms with Gasteiger partial charge >= 0.3 is 0 Å². The van der Waals surface area contributed by atoms with Crippen LogP contribution in [0.4, 0.5) is 11.5 Å². The predicted octanol–water partition coefficient (Wildman–Crippen LogP) is 4.17. The molecule has 4 heterocycles. The summed E-state index contributed by atoms with van der Waals surface area (Å²) >= 11 is 6.19. The Hall–Kier alpha value is -3.36. The van der Waals surface area contributed by atoms with Crippen LogP contribution in [-0.2, 0) is 10.0 Å². The number of likely N-dealkylation sites (tertiary alicyclic amines) is 1. The van der Waals surface area contributed by atoms with Crippen molar-refractivity contribution in [2.24, 2.45) is 5.41 Å². The van der Waals surface area contributed by atoms with Gasteiger partial charge < -0.3 is 9.80 Å². The largest absolute Gasteiger partial charge is 0.355 e. The van der Waals surface area contributed by atoms with Gasteiger partial charge in [0, 0.05) is 42.5 Å². The van der Waals surface area contributed by atoms with Crippen LogP contribution in [0.5, 0.6) is 0 Å². The molecule has 0 bridgehead atoms. The second-order valence-electron chi connectivity index (χ2n) is 10.5. The SMILES string of the molecule is Cc1cn2nc(C3CCCCN3C(=O)c3cc(Cl)ccc3NS(C)(=O)=O)cc2nc1N1CCC(C)(C#N)C1. The Bertz CT molecular complexity index is 1560. The maximum absolute atomic E-state index is 13.8. The Morgan fingerprint density at radius 1 is 1.26 bits per heavy atom. The number of amides is 1. The number of nitrogens with one attached hydrogen (secondary N) is 1. The number of rotatable bonds is 5. The first-order chi connectivity index (χ1) is 18.0. The molecule has 0 spiro atoms. The van der Waals surface area contributed by atoms with Crippen molar-refractivity contribution in [3.05, 3.63) is 52.3 Å². The summed E-state index contributed by atoms with van der Waals surface area (Å²) in [5.74, 6) is 0.535. The highest BCUT2D eigenvalue weighted by atomic mass is 35.5. The molecule has 5 rings (SSSR count). The van der Waals surface area contributed by atoms with Crippen LogP contribution in [0.1, 0.15) is 60.3 Å². The topological polar surface area (TPSA) is 124 Å². The molecule has 3 aromatic rings. The van der Waals surface area contributed by atoms with Gasteiger partial charge in [0.2, 0.25) is 10.0 Å². The number of sulfonamides is 1. The molecule has 1 N–H and O–H groups in total. The molecule has 0 radical (unpaired) electrons. The summed E-state index contributed by atoms with van der Waals surface area (Å²) in [7, 11) is -3.59. The summed E-state index contributed by atoms with van der Waals surface area (Å²) in [6.45, 7) is 5.87. The molecule has 1 aromatic carbocycles. The van der Waals surface area contributed by atoms with E-state index in [4.69, 9.17) is 21.7 Å². The van der Waals surface area contributed by atoms with Gasteiger partial charge in [0.25, 0.3) is 5.91 Å². The molecule has 2 saturated heterocycles. The molecule has 0 saturated carbocycles. The van der Waals surface area contributed by atoms with Gasteiger partial charge in [-0.05, 0) is 57.7 Å². The minimum atomic E-state index is -3.59. The van der Waals surface area contributed by atoms with Gasteiger partial charge in [-0.2, -0.15) is 10.4 Å². The molecule has 2 fully saturated rings. The molecule has 38 heavy (non-hydrogen) atoms. The number of anilines is 2. The van der Waals surface area contributed by atoms with E-state index in [-0.39, 0.29) is 28.6 Å².